The standard InChI is InChI=1S/C24H33N3O5S/c1-17(2)26-24(29)25-15-14-20-10-13-22(23(16-28)32-20)27-33(30,31)21-11-8-19(9-12-21)18-6-4-3-5-7-18/h3-9,11-12,17,20,22-23,27-28H,10,13-16H2,1-2H3,(H2,25,26,29)/t20-,22+,23-/m0/s1. The normalized spacial score (nSPS) is 21.0. The van der Waals surface area contributed by atoms with E-state index in [-0.39, 0.29) is 29.7 Å². The summed E-state index contributed by atoms with van der Waals surface area (Å²) in [6.45, 7) is 3.91. The van der Waals surface area contributed by atoms with Crippen LogP contribution in [-0.2, 0) is 14.8 Å². The summed E-state index contributed by atoms with van der Waals surface area (Å²) in [7, 11) is -3.77. The zero-order valence-corrected chi connectivity index (χ0v) is 19.8. The van der Waals surface area contributed by atoms with Crippen molar-refractivity contribution < 1.29 is 23.1 Å². The number of carbonyl (C=O) groups excluding carboxylic acids is 1. The first-order chi connectivity index (χ1) is 15.8. The SMILES string of the molecule is CC(C)NC(=O)NCC[C@@H]1CC[C@@H](NS(=O)(=O)c2ccc(-c3ccccc3)cc2)[C@H](CO)O1. The van der Waals surface area contributed by atoms with Gasteiger partial charge in [0.15, 0.2) is 0 Å². The molecule has 0 spiro atoms. The highest BCUT2D eigenvalue weighted by atomic mass is 32.2. The van der Waals surface area contributed by atoms with Gasteiger partial charge in [0.2, 0.25) is 10.0 Å². The Hall–Kier alpha value is -2.46. The van der Waals surface area contributed by atoms with Crippen LogP contribution in [0.2, 0.25) is 0 Å². The molecule has 33 heavy (non-hydrogen) atoms. The number of urea groups is 1. The summed E-state index contributed by atoms with van der Waals surface area (Å²) < 4.78 is 34.5. The van der Waals surface area contributed by atoms with E-state index in [2.05, 4.69) is 15.4 Å². The van der Waals surface area contributed by atoms with Crippen molar-refractivity contribution in [1.29, 1.82) is 0 Å². The molecule has 180 valence electrons. The Labute approximate surface area is 195 Å². The van der Waals surface area contributed by atoms with E-state index in [1.807, 2.05) is 44.2 Å². The maximum absolute atomic E-state index is 12.9. The van der Waals surface area contributed by atoms with Gasteiger partial charge in [-0.3, -0.25) is 0 Å². The second-order valence-electron chi connectivity index (χ2n) is 8.52. The van der Waals surface area contributed by atoms with Gasteiger partial charge < -0.3 is 20.5 Å². The lowest BCUT2D eigenvalue weighted by Gasteiger charge is -2.36. The van der Waals surface area contributed by atoms with Crippen molar-refractivity contribution in [3.05, 3.63) is 54.6 Å². The molecule has 0 saturated carbocycles. The van der Waals surface area contributed by atoms with E-state index in [1.54, 1.807) is 24.3 Å². The van der Waals surface area contributed by atoms with E-state index in [9.17, 15) is 18.3 Å². The van der Waals surface area contributed by atoms with Crippen LogP contribution in [0.4, 0.5) is 4.79 Å². The average Bonchev–Trinajstić information content (AvgIpc) is 2.80. The highest BCUT2D eigenvalue weighted by molar-refractivity contribution is 7.89. The lowest BCUT2D eigenvalue weighted by Crippen LogP contribution is -2.51. The predicted molar refractivity (Wildman–Crippen MR) is 127 cm³/mol. The fourth-order valence-corrected chi connectivity index (χ4v) is 5.16. The van der Waals surface area contributed by atoms with E-state index in [1.165, 1.54) is 0 Å². The molecular formula is C24H33N3O5S. The maximum Gasteiger partial charge on any atom is 0.314 e. The number of aliphatic hydroxyl groups is 1. The van der Waals surface area contributed by atoms with E-state index in [0.717, 1.165) is 11.1 Å². The van der Waals surface area contributed by atoms with Crippen LogP contribution in [0.5, 0.6) is 0 Å². The van der Waals surface area contributed by atoms with Crippen molar-refractivity contribution in [3.63, 3.8) is 0 Å². The molecule has 2 amide bonds. The lowest BCUT2D eigenvalue weighted by atomic mass is 9.98. The highest BCUT2D eigenvalue weighted by Crippen LogP contribution is 2.25. The Kier molecular flexibility index (Phi) is 8.85. The van der Waals surface area contributed by atoms with Crippen molar-refractivity contribution in [2.75, 3.05) is 13.2 Å². The molecule has 2 aromatic carbocycles. The summed E-state index contributed by atoms with van der Waals surface area (Å²) in [5, 5.41) is 15.3. The van der Waals surface area contributed by atoms with Gasteiger partial charge in [-0.15, -0.1) is 0 Å². The van der Waals surface area contributed by atoms with Crippen LogP contribution in [0.3, 0.4) is 0 Å². The first kappa shape index (κ1) is 25.2. The monoisotopic (exact) mass is 475 g/mol. The third-order valence-corrected chi connectivity index (χ3v) is 7.05. The first-order valence-electron chi connectivity index (χ1n) is 11.3. The first-order valence-corrected chi connectivity index (χ1v) is 12.8. The number of hydrogen-bond acceptors (Lipinski definition) is 5. The molecule has 0 aromatic heterocycles. The topological polar surface area (TPSA) is 117 Å². The number of amides is 2. The zero-order valence-electron chi connectivity index (χ0n) is 19.0. The number of benzene rings is 2. The van der Waals surface area contributed by atoms with Gasteiger partial charge in [-0.05, 0) is 56.4 Å². The highest BCUT2D eigenvalue weighted by Gasteiger charge is 2.33. The summed E-state index contributed by atoms with van der Waals surface area (Å²) in [5.41, 5.74) is 1.94. The van der Waals surface area contributed by atoms with Gasteiger partial charge in [0.05, 0.1) is 29.8 Å². The molecule has 0 unspecified atom stereocenters. The number of nitrogens with one attached hydrogen (secondary N) is 3. The number of aliphatic hydroxyl groups excluding tert-OH is 1. The van der Waals surface area contributed by atoms with Crippen LogP contribution in [0, 0.1) is 0 Å². The van der Waals surface area contributed by atoms with Gasteiger partial charge in [-0.1, -0.05) is 42.5 Å². The van der Waals surface area contributed by atoms with E-state index < -0.39 is 22.2 Å². The third-order valence-electron chi connectivity index (χ3n) is 5.55. The number of sulfonamides is 1. The molecule has 2 aromatic rings. The molecule has 1 aliphatic rings. The molecule has 1 heterocycles. The number of rotatable bonds is 9. The Morgan fingerprint density at radius 1 is 1.06 bits per heavy atom. The quantitative estimate of drug-likeness (QED) is 0.445. The molecule has 3 atom stereocenters. The van der Waals surface area contributed by atoms with Gasteiger partial charge >= 0.3 is 6.03 Å². The molecule has 8 nitrogen and oxygen atoms in total. The summed E-state index contributed by atoms with van der Waals surface area (Å²) in [4.78, 5) is 11.8. The van der Waals surface area contributed by atoms with Gasteiger partial charge in [-0.25, -0.2) is 17.9 Å². The van der Waals surface area contributed by atoms with Crippen LogP contribution in [0.15, 0.2) is 59.5 Å². The van der Waals surface area contributed by atoms with Crippen LogP contribution < -0.4 is 15.4 Å². The third kappa shape index (κ3) is 7.26. The summed E-state index contributed by atoms with van der Waals surface area (Å²) in [6, 6.07) is 15.8. The molecular weight excluding hydrogens is 442 g/mol. The number of hydrogen-bond donors (Lipinski definition) is 4. The lowest BCUT2D eigenvalue weighted by molar-refractivity contribution is -0.0871. The van der Waals surface area contributed by atoms with E-state index in [0.29, 0.717) is 25.8 Å². The minimum atomic E-state index is -3.77. The summed E-state index contributed by atoms with van der Waals surface area (Å²) >= 11 is 0. The van der Waals surface area contributed by atoms with Crippen molar-refractivity contribution >= 4 is 16.1 Å². The van der Waals surface area contributed by atoms with E-state index in [4.69, 9.17) is 4.74 Å². The molecule has 0 aliphatic carbocycles. The van der Waals surface area contributed by atoms with Gasteiger partial charge in [-0.2, -0.15) is 0 Å². The number of ether oxygens (including phenoxy) is 1. The molecule has 0 radical (unpaired) electrons. The minimum absolute atomic E-state index is 0.0537. The van der Waals surface area contributed by atoms with Crippen molar-refractivity contribution in [3.8, 4) is 11.1 Å². The van der Waals surface area contributed by atoms with Crippen LogP contribution >= 0.6 is 0 Å². The largest absolute Gasteiger partial charge is 0.394 e. The summed E-state index contributed by atoms with van der Waals surface area (Å²) in [5.74, 6) is 0. The van der Waals surface area contributed by atoms with Gasteiger partial charge in [0, 0.05) is 12.6 Å². The van der Waals surface area contributed by atoms with Crippen LogP contribution in [0.1, 0.15) is 33.1 Å². The molecule has 1 fully saturated rings. The van der Waals surface area contributed by atoms with Crippen molar-refractivity contribution in [1.82, 2.24) is 15.4 Å². The fraction of sp³-hybridized carbons (Fsp3) is 0.458. The molecule has 3 rings (SSSR count). The minimum Gasteiger partial charge on any atom is -0.394 e. The van der Waals surface area contributed by atoms with Crippen molar-refractivity contribution in [2.45, 2.75) is 62.3 Å². The molecule has 1 aliphatic heterocycles. The fourth-order valence-electron chi connectivity index (χ4n) is 3.86. The van der Waals surface area contributed by atoms with Crippen LogP contribution in [-0.4, -0.2) is 57.0 Å². The van der Waals surface area contributed by atoms with Gasteiger partial charge in [0.25, 0.3) is 0 Å². The average molecular weight is 476 g/mol. The smallest absolute Gasteiger partial charge is 0.314 e. The Balaban J connectivity index is 1.55. The molecule has 9 heteroatoms. The predicted octanol–water partition coefficient (Wildman–Crippen LogP) is 2.64. The Bertz CT molecular complexity index is 997. The molecule has 1 saturated heterocycles. The summed E-state index contributed by atoms with van der Waals surface area (Å²) in [6.07, 6.45) is 0.945. The zero-order chi connectivity index (χ0) is 23.8. The maximum atomic E-state index is 12.9. The second-order valence-corrected chi connectivity index (χ2v) is 10.2. The molecule has 4 N–H and O–H groups in total. The van der Waals surface area contributed by atoms with Crippen molar-refractivity contribution in [2.24, 2.45) is 0 Å². The van der Waals surface area contributed by atoms with E-state index >= 15 is 0 Å². The van der Waals surface area contributed by atoms with Gasteiger partial charge in [0.1, 0.15) is 0 Å². The van der Waals surface area contributed by atoms with Crippen LogP contribution in [0.25, 0.3) is 11.1 Å². The Morgan fingerprint density at radius 3 is 2.36 bits per heavy atom. The second kappa shape index (κ2) is 11.6. The number of carbonyl (C=O) groups is 1. The molecule has 0 bridgehead atoms. The Morgan fingerprint density at radius 2 is 1.73 bits per heavy atom.